The van der Waals surface area contributed by atoms with Crippen LogP contribution in [0.2, 0.25) is 0 Å². The van der Waals surface area contributed by atoms with E-state index in [0.717, 1.165) is 68.0 Å². The number of likely N-dealkylation sites (tertiary alicyclic amines) is 1. The van der Waals surface area contributed by atoms with Crippen LogP contribution in [0.15, 0.2) is 60.8 Å². The Bertz CT molecular complexity index is 1460. The van der Waals surface area contributed by atoms with Gasteiger partial charge >= 0.3 is 6.09 Å². The van der Waals surface area contributed by atoms with Gasteiger partial charge in [0.05, 0.1) is 36.9 Å². The fourth-order valence-corrected chi connectivity index (χ4v) is 5.55. The lowest BCUT2D eigenvalue weighted by Crippen LogP contribution is -2.37. The average molecular weight is 556 g/mol. The van der Waals surface area contributed by atoms with Crippen LogP contribution in [0.5, 0.6) is 0 Å². The van der Waals surface area contributed by atoms with Crippen LogP contribution in [0.1, 0.15) is 38.3 Å². The molecule has 10 heteroatoms. The molecule has 0 spiro atoms. The van der Waals surface area contributed by atoms with Crippen molar-refractivity contribution in [2.75, 3.05) is 49.6 Å². The largest absolute Gasteiger partial charge is 0.447 e. The van der Waals surface area contributed by atoms with E-state index in [1.807, 2.05) is 44.3 Å². The second kappa shape index (κ2) is 12.2. The molecule has 1 N–H and O–H groups in total. The molecule has 0 bridgehead atoms. The van der Waals surface area contributed by atoms with Crippen LogP contribution in [0, 0.1) is 0 Å². The van der Waals surface area contributed by atoms with Crippen LogP contribution in [0.25, 0.3) is 22.4 Å². The quantitative estimate of drug-likeness (QED) is 0.336. The summed E-state index contributed by atoms with van der Waals surface area (Å²) in [5.74, 6) is 1.53. The summed E-state index contributed by atoms with van der Waals surface area (Å²) in [4.78, 5) is 26.9. The first-order valence-corrected chi connectivity index (χ1v) is 14.5. The van der Waals surface area contributed by atoms with Gasteiger partial charge in [0.25, 0.3) is 0 Å². The molecule has 0 aliphatic carbocycles. The molecule has 4 heterocycles. The van der Waals surface area contributed by atoms with E-state index >= 15 is 0 Å². The monoisotopic (exact) mass is 555 g/mol. The van der Waals surface area contributed by atoms with Crippen LogP contribution in [0.4, 0.5) is 16.3 Å². The summed E-state index contributed by atoms with van der Waals surface area (Å²) < 4.78 is 12.9. The molecule has 0 radical (unpaired) electrons. The van der Waals surface area contributed by atoms with Crippen molar-refractivity contribution in [2.45, 2.75) is 45.4 Å². The van der Waals surface area contributed by atoms with Crippen LogP contribution < -0.4 is 10.2 Å². The summed E-state index contributed by atoms with van der Waals surface area (Å²) in [6.45, 7) is 9.53. The number of nitrogens with zero attached hydrogens (tertiary/aromatic N) is 6. The highest BCUT2D eigenvalue weighted by atomic mass is 16.6. The number of piperidine rings is 1. The summed E-state index contributed by atoms with van der Waals surface area (Å²) in [5, 5.41) is 8.60. The van der Waals surface area contributed by atoms with E-state index < -0.39 is 6.09 Å². The number of benzene rings is 2. The fourth-order valence-electron chi connectivity index (χ4n) is 5.55. The summed E-state index contributed by atoms with van der Waals surface area (Å²) in [7, 11) is 0. The summed E-state index contributed by atoms with van der Waals surface area (Å²) in [6.07, 6.45) is 3.30. The number of carbonyl (C=O) groups is 1. The highest BCUT2D eigenvalue weighted by molar-refractivity contribution is 5.89. The number of nitrogens with one attached hydrogen (secondary N) is 1. The second-order valence-corrected chi connectivity index (χ2v) is 10.9. The van der Waals surface area contributed by atoms with E-state index in [2.05, 4.69) is 50.1 Å². The van der Waals surface area contributed by atoms with E-state index in [-0.39, 0.29) is 12.1 Å². The van der Waals surface area contributed by atoms with Gasteiger partial charge in [-0.3, -0.25) is 10.2 Å². The topological polar surface area (TPSA) is 97.6 Å². The normalized spacial score (nSPS) is 16.8. The molecular formula is C31H37N7O3. The molecule has 0 atom stereocenters. The number of carbonyl (C=O) groups excluding carboxylic acids is 1. The number of rotatable bonds is 7. The molecule has 2 aliphatic heterocycles. The Balaban J connectivity index is 1.26. The van der Waals surface area contributed by atoms with Gasteiger partial charge in [-0.25, -0.2) is 19.4 Å². The number of ether oxygens (including phenoxy) is 2. The molecule has 2 saturated heterocycles. The van der Waals surface area contributed by atoms with Crippen LogP contribution in [0.3, 0.4) is 0 Å². The van der Waals surface area contributed by atoms with Crippen LogP contribution in [-0.2, 0) is 16.0 Å². The SMILES string of the molecule is CC(C)OC(=O)Nc1ccc(-c2nc(N3CCOCC3)c3cnn(C4CCN(Cc5ccccc5)CC4)c3n2)cc1. The van der Waals surface area contributed by atoms with Crippen LogP contribution in [-0.4, -0.2) is 76.2 Å². The number of fused-ring (bicyclic) bond motifs is 1. The molecule has 1 amide bonds. The number of morpholine rings is 1. The van der Waals surface area contributed by atoms with Gasteiger partial charge in [-0.1, -0.05) is 30.3 Å². The molecule has 0 unspecified atom stereocenters. The number of amides is 1. The summed E-state index contributed by atoms with van der Waals surface area (Å²) in [5.41, 5.74) is 3.73. The molecule has 214 valence electrons. The third-order valence-electron chi connectivity index (χ3n) is 7.63. The van der Waals surface area contributed by atoms with Crippen molar-refractivity contribution in [3.05, 3.63) is 66.4 Å². The standard InChI is InChI=1S/C31H37N7O3/c1-22(2)41-31(39)33-25-10-8-24(9-11-25)28-34-29(37-16-18-40-19-17-37)27-20-32-38(30(27)35-28)26-12-14-36(15-13-26)21-23-6-4-3-5-7-23/h3-11,20,22,26H,12-19,21H2,1-2H3,(H,33,39). The van der Waals surface area contributed by atoms with Gasteiger partial charge in [-0.05, 0) is 56.5 Å². The minimum atomic E-state index is -0.473. The van der Waals surface area contributed by atoms with Gasteiger partial charge in [0.15, 0.2) is 11.5 Å². The molecule has 4 aromatic rings. The van der Waals surface area contributed by atoms with Gasteiger partial charge in [-0.15, -0.1) is 0 Å². The number of aromatic nitrogens is 4. The first kappa shape index (κ1) is 27.2. The lowest BCUT2D eigenvalue weighted by molar-refractivity contribution is 0.122. The maximum Gasteiger partial charge on any atom is 0.411 e. The molecule has 2 aromatic heterocycles. The molecule has 2 aromatic carbocycles. The first-order chi connectivity index (χ1) is 20.0. The van der Waals surface area contributed by atoms with Crippen molar-refractivity contribution in [3.63, 3.8) is 0 Å². The molecule has 10 nitrogen and oxygen atoms in total. The third-order valence-corrected chi connectivity index (χ3v) is 7.63. The van der Waals surface area contributed by atoms with Crippen molar-refractivity contribution in [1.29, 1.82) is 0 Å². The highest BCUT2D eigenvalue weighted by Gasteiger charge is 2.26. The van der Waals surface area contributed by atoms with E-state index in [0.29, 0.717) is 24.7 Å². The highest BCUT2D eigenvalue weighted by Crippen LogP contribution is 2.32. The number of hydrogen-bond donors (Lipinski definition) is 1. The third kappa shape index (κ3) is 6.34. The number of anilines is 2. The van der Waals surface area contributed by atoms with Gasteiger partial charge in [0.1, 0.15) is 5.82 Å². The maximum atomic E-state index is 12.0. The van der Waals surface area contributed by atoms with E-state index in [4.69, 9.17) is 24.5 Å². The van der Waals surface area contributed by atoms with Gasteiger partial charge in [0.2, 0.25) is 0 Å². The average Bonchev–Trinajstić information content (AvgIpc) is 3.42. The molecule has 41 heavy (non-hydrogen) atoms. The Morgan fingerprint density at radius 3 is 2.44 bits per heavy atom. The summed E-state index contributed by atoms with van der Waals surface area (Å²) >= 11 is 0. The first-order valence-electron chi connectivity index (χ1n) is 14.5. The van der Waals surface area contributed by atoms with Crippen molar-refractivity contribution < 1.29 is 14.3 Å². The molecule has 0 saturated carbocycles. The maximum absolute atomic E-state index is 12.0. The Labute approximate surface area is 240 Å². The zero-order valence-corrected chi connectivity index (χ0v) is 23.7. The van der Waals surface area contributed by atoms with Crippen LogP contribution >= 0.6 is 0 Å². The van der Waals surface area contributed by atoms with E-state index in [9.17, 15) is 4.79 Å². The predicted octanol–water partition coefficient (Wildman–Crippen LogP) is 5.12. The lowest BCUT2D eigenvalue weighted by atomic mass is 10.0. The van der Waals surface area contributed by atoms with Crippen molar-refractivity contribution in [1.82, 2.24) is 24.6 Å². The lowest BCUT2D eigenvalue weighted by Gasteiger charge is -2.32. The molecular weight excluding hydrogens is 518 g/mol. The minimum Gasteiger partial charge on any atom is -0.447 e. The van der Waals surface area contributed by atoms with Crippen molar-refractivity contribution in [2.24, 2.45) is 0 Å². The zero-order valence-electron chi connectivity index (χ0n) is 23.7. The van der Waals surface area contributed by atoms with Crippen molar-refractivity contribution in [3.8, 4) is 11.4 Å². The zero-order chi connectivity index (χ0) is 28.2. The molecule has 6 rings (SSSR count). The van der Waals surface area contributed by atoms with Gasteiger partial charge < -0.3 is 14.4 Å². The Hall–Kier alpha value is -4.02. The Morgan fingerprint density at radius 2 is 1.73 bits per heavy atom. The number of hydrogen-bond acceptors (Lipinski definition) is 8. The minimum absolute atomic E-state index is 0.186. The Morgan fingerprint density at radius 1 is 1.00 bits per heavy atom. The molecule has 2 aliphatic rings. The summed E-state index contributed by atoms with van der Waals surface area (Å²) in [6, 6.07) is 18.5. The Kier molecular flexibility index (Phi) is 8.11. The molecule has 2 fully saturated rings. The van der Waals surface area contributed by atoms with Crippen molar-refractivity contribution >= 4 is 28.6 Å². The van der Waals surface area contributed by atoms with Gasteiger partial charge in [0, 0.05) is 44.0 Å². The smallest absolute Gasteiger partial charge is 0.411 e. The second-order valence-electron chi connectivity index (χ2n) is 10.9. The van der Waals surface area contributed by atoms with Gasteiger partial charge in [-0.2, -0.15) is 5.10 Å². The van der Waals surface area contributed by atoms with E-state index in [1.165, 1.54) is 5.56 Å². The predicted molar refractivity (Wildman–Crippen MR) is 159 cm³/mol. The fraction of sp³-hybridized carbons (Fsp3) is 0.419. The van der Waals surface area contributed by atoms with E-state index in [1.54, 1.807) is 0 Å².